The molecule has 2 N–H and O–H groups in total. The topological polar surface area (TPSA) is 73.9 Å². The molecule has 0 saturated carbocycles. The maximum Gasteiger partial charge on any atom is 0.321 e. The molecule has 0 spiro atoms. The Morgan fingerprint density at radius 1 is 1.35 bits per heavy atom. The lowest BCUT2D eigenvalue weighted by atomic mass is 10.3. The minimum atomic E-state index is -0.300. The fraction of sp³-hybridized carbons (Fsp3) is 0.250. The number of rotatable bonds is 3. The van der Waals surface area contributed by atoms with Gasteiger partial charge in [-0.25, -0.2) is 9.78 Å². The molecule has 0 bridgehead atoms. The Labute approximate surface area is 126 Å². The Balaban J connectivity index is 2.00. The molecule has 0 unspecified atom stereocenters. The van der Waals surface area contributed by atoms with Crippen molar-refractivity contribution in [1.82, 2.24) is 20.1 Å². The molecule has 0 fully saturated rings. The van der Waals surface area contributed by atoms with E-state index in [0.717, 1.165) is 0 Å². The van der Waals surface area contributed by atoms with Crippen molar-refractivity contribution >= 4 is 34.9 Å². The van der Waals surface area contributed by atoms with E-state index in [0.29, 0.717) is 33.9 Å². The van der Waals surface area contributed by atoms with Gasteiger partial charge in [-0.05, 0) is 25.1 Å². The number of halogens is 2. The summed E-state index contributed by atoms with van der Waals surface area (Å²) in [4.78, 5) is 17.6. The van der Waals surface area contributed by atoms with Crippen LogP contribution in [0.1, 0.15) is 11.6 Å². The van der Waals surface area contributed by atoms with Gasteiger partial charge in [-0.1, -0.05) is 23.2 Å². The van der Waals surface area contributed by atoms with Crippen LogP contribution in [0.3, 0.4) is 0 Å². The summed E-state index contributed by atoms with van der Waals surface area (Å²) in [6.45, 7) is 2.09. The molecular formula is C12H13Cl2N5O. The molecule has 1 aromatic heterocycles. The summed E-state index contributed by atoms with van der Waals surface area (Å²) < 4.78 is 0. The first-order chi connectivity index (χ1) is 9.44. The first-order valence-electron chi connectivity index (χ1n) is 5.80. The summed E-state index contributed by atoms with van der Waals surface area (Å²) in [5, 5.41) is 10.3. The van der Waals surface area contributed by atoms with Crippen LogP contribution in [0, 0.1) is 6.92 Å². The maximum atomic E-state index is 12.0. The van der Waals surface area contributed by atoms with Crippen LogP contribution in [0.2, 0.25) is 10.0 Å². The third-order valence-corrected chi connectivity index (χ3v) is 2.92. The fourth-order valence-electron chi connectivity index (χ4n) is 1.59. The zero-order chi connectivity index (χ0) is 14.7. The van der Waals surface area contributed by atoms with E-state index in [9.17, 15) is 4.79 Å². The fourth-order valence-corrected chi connectivity index (χ4v) is 2.11. The summed E-state index contributed by atoms with van der Waals surface area (Å²) >= 11 is 11.7. The van der Waals surface area contributed by atoms with Crippen molar-refractivity contribution in [2.75, 3.05) is 12.4 Å². The normalized spacial score (nSPS) is 10.4. The molecule has 0 aliphatic rings. The summed E-state index contributed by atoms with van der Waals surface area (Å²) in [5.41, 5.74) is 0.533. The van der Waals surface area contributed by atoms with Crippen molar-refractivity contribution in [3.05, 3.63) is 39.9 Å². The molecule has 8 heteroatoms. The van der Waals surface area contributed by atoms with E-state index in [-0.39, 0.29) is 6.03 Å². The van der Waals surface area contributed by atoms with Crippen LogP contribution < -0.4 is 5.32 Å². The Morgan fingerprint density at radius 3 is 2.55 bits per heavy atom. The van der Waals surface area contributed by atoms with Gasteiger partial charge in [0.05, 0.1) is 6.54 Å². The highest BCUT2D eigenvalue weighted by Gasteiger charge is 2.12. The van der Waals surface area contributed by atoms with Crippen LogP contribution >= 0.6 is 23.2 Å². The maximum absolute atomic E-state index is 12.0. The smallest absolute Gasteiger partial charge is 0.320 e. The molecule has 0 atom stereocenters. The molecule has 1 aromatic carbocycles. The number of carbonyl (C=O) groups excluding carboxylic acids is 1. The third kappa shape index (κ3) is 3.85. The van der Waals surface area contributed by atoms with Crippen molar-refractivity contribution in [3.8, 4) is 0 Å². The largest absolute Gasteiger partial charge is 0.321 e. The lowest BCUT2D eigenvalue weighted by Gasteiger charge is -2.16. The molecule has 2 amide bonds. The van der Waals surface area contributed by atoms with Crippen LogP contribution in [-0.4, -0.2) is 33.2 Å². The Morgan fingerprint density at radius 2 is 2.00 bits per heavy atom. The van der Waals surface area contributed by atoms with E-state index in [2.05, 4.69) is 20.5 Å². The van der Waals surface area contributed by atoms with E-state index in [1.807, 2.05) is 0 Å². The van der Waals surface area contributed by atoms with Crippen LogP contribution in [0.4, 0.5) is 10.5 Å². The summed E-state index contributed by atoms with van der Waals surface area (Å²) in [5.74, 6) is 1.25. The number of benzene rings is 1. The number of nitrogens with zero attached hydrogens (tertiary/aromatic N) is 3. The molecule has 0 radical (unpaired) electrons. The summed E-state index contributed by atoms with van der Waals surface area (Å²) in [6.07, 6.45) is 0. The van der Waals surface area contributed by atoms with Gasteiger partial charge in [-0.2, -0.15) is 5.10 Å². The van der Waals surface area contributed by atoms with Crippen LogP contribution in [0.25, 0.3) is 0 Å². The molecule has 106 valence electrons. The zero-order valence-corrected chi connectivity index (χ0v) is 12.5. The lowest BCUT2D eigenvalue weighted by Crippen LogP contribution is -2.31. The second-order valence-corrected chi connectivity index (χ2v) is 5.15. The number of hydrogen-bond donors (Lipinski definition) is 2. The highest BCUT2D eigenvalue weighted by Crippen LogP contribution is 2.22. The number of hydrogen-bond acceptors (Lipinski definition) is 3. The highest BCUT2D eigenvalue weighted by molar-refractivity contribution is 6.35. The Bertz CT molecular complexity index is 608. The van der Waals surface area contributed by atoms with E-state index in [1.54, 1.807) is 32.2 Å². The molecule has 2 aromatic rings. The van der Waals surface area contributed by atoms with Crippen LogP contribution in [0.15, 0.2) is 18.2 Å². The van der Waals surface area contributed by atoms with Crippen molar-refractivity contribution in [2.24, 2.45) is 0 Å². The average Bonchev–Trinajstić information content (AvgIpc) is 2.73. The minimum Gasteiger partial charge on any atom is -0.320 e. The Hall–Kier alpha value is -1.79. The predicted octanol–water partition coefficient (Wildman–Crippen LogP) is 3.08. The molecule has 0 aliphatic heterocycles. The number of nitrogens with one attached hydrogen (secondary N) is 2. The molecular weight excluding hydrogens is 301 g/mol. The van der Waals surface area contributed by atoms with Crippen LogP contribution in [0.5, 0.6) is 0 Å². The SMILES string of the molecule is Cc1nc(CN(C)C(=O)Nc2cc(Cl)cc(Cl)c2)n[nH]1. The van der Waals surface area contributed by atoms with Crippen molar-refractivity contribution in [1.29, 1.82) is 0 Å². The number of amides is 2. The average molecular weight is 314 g/mol. The number of aromatic amines is 1. The van der Waals surface area contributed by atoms with Crippen molar-refractivity contribution < 1.29 is 4.79 Å². The quantitative estimate of drug-likeness (QED) is 0.914. The number of carbonyl (C=O) groups is 1. The zero-order valence-electron chi connectivity index (χ0n) is 10.9. The standard InChI is InChI=1S/C12H13Cl2N5O/c1-7-15-11(18-17-7)6-19(2)12(20)16-10-4-8(13)3-9(14)5-10/h3-5H,6H2,1-2H3,(H,16,20)(H,15,17,18). The first kappa shape index (κ1) is 14.6. The lowest BCUT2D eigenvalue weighted by molar-refractivity contribution is 0.219. The van der Waals surface area contributed by atoms with Crippen LogP contribution in [-0.2, 0) is 6.54 Å². The number of aryl methyl sites for hydroxylation is 1. The number of urea groups is 1. The second kappa shape index (κ2) is 6.11. The van der Waals surface area contributed by atoms with E-state index < -0.39 is 0 Å². The molecule has 20 heavy (non-hydrogen) atoms. The van der Waals surface area contributed by atoms with E-state index in [1.165, 1.54) is 4.90 Å². The van der Waals surface area contributed by atoms with Gasteiger partial charge < -0.3 is 10.2 Å². The van der Waals surface area contributed by atoms with E-state index >= 15 is 0 Å². The first-order valence-corrected chi connectivity index (χ1v) is 6.56. The number of aromatic nitrogens is 3. The number of H-pyrrole nitrogens is 1. The van der Waals surface area contributed by atoms with Gasteiger partial charge in [0.15, 0.2) is 5.82 Å². The Kier molecular flexibility index (Phi) is 4.46. The van der Waals surface area contributed by atoms with E-state index in [4.69, 9.17) is 23.2 Å². The van der Waals surface area contributed by atoms with Gasteiger partial charge in [-0.15, -0.1) is 0 Å². The molecule has 2 rings (SSSR count). The monoisotopic (exact) mass is 313 g/mol. The number of anilines is 1. The molecule has 1 heterocycles. The minimum absolute atomic E-state index is 0.296. The predicted molar refractivity (Wildman–Crippen MR) is 78.1 cm³/mol. The summed E-state index contributed by atoms with van der Waals surface area (Å²) in [6, 6.07) is 4.54. The van der Waals surface area contributed by atoms with Gasteiger partial charge in [-0.3, -0.25) is 5.10 Å². The van der Waals surface area contributed by atoms with Gasteiger partial charge in [0.1, 0.15) is 5.82 Å². The van der Waals surface area contributed by atoms with Crippen molar-refractivity contribution in [2.45, 2.75) is 13.5 Å². The third-order valence-electron chi connectivity index (χ3n) is 2.48. The van der Waals surface area contributed by atoms with Gasteiger partial charge in [0.25, 0.3) is 0 Å². The van der Waals surface area contributed by atoms with Gasteiger partial charge in [0, 0.05) is 22.8 Å². The molecule has 6 nitrogen and oxygen atoms in total. The van der Waals surface area contributed by atoms with Gasteiger partial charge >= 0.3 is 6.03 Å². The molecule has 0 aliphatic carbocycles. The summed E-state index contributed by atoms with van der Waals surface area (Å²) in [7, 11) is 1.65. The van der Waals surface area contributed by atoms with Crippen molar-refractivity contribution in [3.63, 3.8) is 0 Å². The molecule has 0 saturated heterocycles. The van der Waals surface area contributed by atoms with Gasteiger partial charge in [0.2, 0.25) is 0 Å². The highest BCUT2D eigenvalue weighted by atomic mass is 35.5. The second-order valence-electron chi connectivity index (χ2n) is 4.28.